The number of hydrogen-bond donors (Lipinski definition) is 2. The molecule has 0 bridgehead atoms. The molecule has 2 aromatic rings. The van der Waals surface area contributed by atoms with Gasteiger partial charge in [-0.3, -0.25) is 0 Å². The summed E-state index contributed by atoms with van der Waals surface area (Å²) in [5.41, 5.74) is 14.1. The third-order valence-corrected chi connectivity index (χ3v) is 3.20. The number of thiophene rings is 1. The number of nitrogen functional groups attached to an aromatic ring is 2. The highest BCUT2D eigenvalue weighted by atomic mass is 35.5. The van der Waals surface area contributed by atoms with Gasteiger partial charge in [0.1, 0.15) is 0 Å². The fourth-order valence-electron chi connectivity index (χ4n) is 1.36. The average molecular weight is 213 g/mol. The van der Waals surface area contributed by atoms with E-state index in [4.69, 9.17) is 23.1 Å². The zero-order valence-corrected chi connectivity index (χ0v) is 8.45. The average Bonchev–Trinajstić information content (AvgIpc) is 2.48. The molecule has 0 atom stereocenters. The largest absolute Gasteiger partial charge is 0.398 e. The topological polar surface area (TPSA) is 52.0 Å². The summed E-state index contributed by atoms with van der Waals surface area (Å²) >= 11 is 7.32. The van der Waals surface area contributed by atoms with Crippen molar-refractivity contribution in [3.8, 4) is 0 Å². The Hall–Kier alpha value is -0.930. The molecule has 0 aliphatic rings. The van der Waals surface area contributed by atoms with Crippen molar-refractivity contribution in [3.05, 3.63) is 23.1 Å². The van der Waals surface area contributed by atoms with Crippen LogP contribution in [0.4, 0.5) is 11.4 Å². The van der Waals surface area contributed by atoms with E-state index in [1.54, 1.807) is 11.3 Å². The lowest BCUT2D eigenvalue weighted by Gasteiger charge is -2.01. The monoisotopic (exact) mass is 212 g/mol. The molecule has 4 N–H and O–H groups in total. The van der Waals surface area contributed by atoms with E-state index in [1.165, 1.54) is 0 Å². The van der Waals surface area contributed by atoms with Crippen molar-refractivity contribution in [2.45, 2.75) is 5.88 Å². The highest BCUT2D eigenvalue weighted by Crippen LogP contribution is 2.33. The number of benzene rings is 1. The number of halogens is 1. The molecule has 1 aromatic heterocycles. The number of fused-ring (bicyclic) bond motifs is 1. The first-order valence-corrected chi connectivity index (χ1v) is 5.25. The summed E-state index contributed by atoms with van der Waals surface area (Å²) in [4.78, 5) is 0. The summed E-state index contributed by atoms with van der Waals surface area (Å²) in [6.45, 7) is 0. The normalized spacial score (nSPS) is 10.8. The van der Waals surface area contributed by atoms with Gasteiger partial charge in [-0.1, -0.05) is 0 Å². The quantitative estimate of drug-likeness (QED) is 0.564. The Kier molecular flexibility index (Phi) is 2.06. The fraction of sp³-hybridized carbons (Fsp3) is 0.111. The van der Waals surface area contributed by atoms with Crippen LogP contribution in [0.5, 0.6) is 0 Å². The van der Waals surface area contributed by atoms with Crippen molar-refractivity contribution < 1.29 is 0 Å². The molecule has 68 valence electrons. The molecule has 0 radical (unpaired) electrons. The molecule has 0 aliphatic carbocycles. The lowest BCUT2D eigenvalue weighted by atomic mass is 10.1. The second-order valence-electron chi connectivity index (χ2n) is 2.88. The van der Waals surface area contributed by atoms with Gasteiger partial charge in [-0.05, 0) is 17.7 Å². The molecule has 0 saturated heterocycles. The maximum Gasteiger partial charge on any atom is 0.0523 e. The molecular weight excluding hydrogens is 204 g/mol. The lowest BCUT2D eigenvalue weighted by Crippen LogP contribution is -1.90. The first-order chi connectivity index (χ1) is 6.22. The Morgan fingerprint density at radius 1 is 1.23 bits per heavy atom. The van der Waals surface area contributed by atoms with Crippen LogP contribution in [0.15, 0.2) is 17.5 Å². The Morgan fingerprint density at radius 3 is 2.69 bits per heavy atom. The zero-order valence-electron chi connectivity index (χ0n) is 6.88. The Morgan fingerprint density at radius 2 is 2.00 bits per heavy atom. The first kappa shape index (κ1) is 8.66. The molecule has 0 unspecified atom stereocenters. The minimum Gasteiger partial charge on any atom is -0.398 e. The van der Waals surface area contributed by atoms with Crippen molar-refractivity contribution in [1.82, 2.24) is 0 Å². The van der Waals surface area contributed by atoms with E-state index in [9.17, 15) is 0 Å². The summed E-state index contributed by atoms with van der Waals surface area (Å²) in [5.74, 6) is 0.484. The predicted molar refractivity (Wildman–Crippen MR) is 60.2 cm³/mol. The SMILES string of the molecule is Nc1csc2cc(CCl)cc(N)c12. The number of alkyl halides is 1. The van der Waals surface area contributed by atoms with Crippen LogP contribution >= 0.6 is 22.9 Å². The zero-order chi connectivity index (χ0) is 9.42. The third kappa shape index (κ3) is 1.34. The summed E-state index contributed by atoms with van der Waals surface area (Å²) in [6, 6.07) is 3.90. The second kappa shape index (κ2) is 3.09. The van der Waals surface area contributed by atoms with E-state index in [1.807, 2.05) is 17.5 Å². The van der Waals surface area contributed by atoms with Gasteiger partial charge < -0.3 is 11.5 Å². The molecule has 4 heteroatoms. The van der Waals surface area contributed by atoms with Gasteiger partial charge in [0.2, 0.25) is 0 Å². The molecule has 0 spiro atoms. The van der Waals surface area contributed by atoms with Crippen molar-refractivity contribution in [2.24, 2.45) is 0 Å². The molecule has 0 saturated carbocycles. The van der Waals surface area contributed by atoms with Crippen molar-refractivity contribution in [3.63, 3.8) is 0 Å². The minimum absolute atomic E-state index is 0.484. The standard InChI is InChI=1S/C9H9ClN2S/c10-3-5-1-6(11)9-7(12)4-13-8(9)2-5/h1-2,4H,3,11-12H2. The Labute approximate surface area is 85.1 Å². The smallest absolute Gasteiger partial charge is 0.0523 e. The van der Waals surface area contributed by atoms with Crippen LogP contribution in [-0.4, -0.2) is 0 Å². The summed E-state index contributed by atoms with van der Waals surface area (Å²) in [7, 11) is 0. The van der Waals surface area contributed by atoms with E-state index in [0.29, 0.717) is 11.6 Å². The highest BCUT2D eigenvalue weighted by molar-refractivity contribution is 7.18. The summed E-state index contributed by atoms with van der Waals surface area (Å²) < 4.78 is 1.10. The predicted octanol–water partition coefficient (Wildman–Crippen LogP) is 2.80. The minimum atomic E-state index is 0.484. The number of nitrogens with two attached hydrogens (primary N) is 2. The van der Waals surface area contributed by atoms with Gasteiger partial charge in [-0.15, -0.1) is 22.9 Å². The van der Waals surface area contributed by atoms with Gasteiger partial charge in [0.25, 0.3) is 0 Å². The number of anilines is 2. The van der Waals surface area contributed by atoms with Crippen LogP contribution in [0.25, 0.3) is 10.1 Å². The lowest BCUT2D eigenvalue weighted by molar-refractivity contribution is 1.43. The molecule has 0 fully saturated rings. The van der Waals surface area contributed by atoms with E-state index < -0.39 is 0 Å². The van der Waals surface area contributed by atoms with E-state index in [0.717, 1.165) is 21.3 Å². The molecule has 2 nitrogen and oxygen atoms in total. The van der Waals surface area contributed by atoms with Crippen LogP contribution in [0, 0.1) is 0 Å². The first-order valence-electron chi connectivity index (χ1n) is 3.83. The van der Waals surface area contributed by atoms with Gasteiger partial charge in [0.15, 0.2) is 0 Å². The van der Waals surface area contributed by atoms with Crippen LogP contribution in [0.3, 0.4) is 0 Å². The van der Waals surface area contributed by atoms with Crippen LogP contribution in [0.1, 0.15) is 5.56 Å². The van der Waals surface area contributed by atoms with Crippen molar-refractivity contribution in [2.75, 3.05) is 11.5 Å². The van der Waals surface area contributed by atoms with Gasteiger partial charge in [-0.2, -0.15) is 0 Å². The van der Waals surface area contributed by atoms with Crippen molar-refractivity contribution in [1.29, 1.82) is 0 Å². The number of hydrogen-bond acceptors (Lipinski definition) is 3. The van der Waals surface area contributed by atoms with Gasteiger partial charge in [0.05, 0.1) is 5.69 Å². The maximum atomic E-state index is 5.85. The molecular formula is C9H9ClN2S. The van der Waals surface area contributed by atoms with Crippen LogP contribution in [-0.2, 0) is 5.88 Å². The second-order valence-corrected chi connectivity index (χ2v) is 4.06. The van der Waals surface area contributed by atoms with E-state index in [-0.39, 0.29) is 0 Å². The van der Waals surface area contributed by atoms with Gasteiger partial charge >= 0.3 is 0 Å². The molecule has 2 rings (SSSR count). The highest BCUT2D eigenvalue weighted by Gasteiger charge is 2.05. The van der Waals surface area contributed by atoms with E-state index >= 15 is 0 Å². The molecule has 1 aromatic carbocycles. The maximum absolute atomic E-state index is 5.85. The fourth-order valence-corrected chi connectivity index (χ4v) is 2.46. The molecule has 0 aliphatic heterocycles. The van der Waals surface area contributed by atoms with Crippen LogP contribution < -0.4 is 11.5 Å². The molecule has 0 amide bonds. The summed E-state index contributed by atoms with van der Waals surface area (Å²) in [6.07, 6.45) is 0. The molecule has 1 heterocycles. The van der Waals surface area contributed by atoms with Crippen LogP contribution in [0.2, 0.25) is 0 Å². The molecule has 13 heavy (non-hydrogen) atoms. The Balaban J connectivity index is 2.79. The van der Waals surface area contributed by atoms with E-state index in [2.05, 4.69) is 0 Å². The van der Waals surface area contributed by atoms with Gasteiger partial charge in [-0.25, -0.2) is 0 Å². The third-order valence-electron chi connectivity index (χ3n) is 1.95. The van der Waals surface area contributed by atoms with Gasteiger partial charge in [0, 0.05) is 27.0 Å². The Bertz CT molecular complexity index is 450. The number of rotatable bonds is 1. The summed E-state index contributed by atoms with van der Waals surface area (Å²) in [5, 5.41) is 2.86. The van der Waals surface area contributed by atoms with Crippen molar-refractivity contribution >= 4 is 44.4 Å².